The molecular formula is C12H20ClN3O3. The van der Waals surface area contributed by atoms with Crippen molar-refractivity contribution in [1.29, 1.82) is 0 Å². The van der Waals surface area contributed by atoms with Gasteiger partial charge in [-0.15, -0.1) is 0 Å². The molecule has 0 saturated carbocycles. The second-order valence-electron chi connectivity index (χ2n) is 5.53. The number of hydrogen-bond donors (Lipinski definition) is 4. The van der Waals surface area contributed by atoms with Gasteiger partial charge in [0.1, 0.15) is 22.3 Å². The Morgan fingerprint density at radius 3 is 2.05 bits per heavy atom. The summed E-state index contributed by atoms with van der Waals surface area (Å²) in [5.41, 5.74) is -1.53. The van der Waals surface area contributed by atoms with E-state index in [2.05, 4.69) is 15.3 Å². The molecule has 0 aromatic carbocycles. The molecule has 4 N–H and O–H groups in total. The lowest BCUT2D eigenvalue weighted by Crippen LogP contribution is -2.49. The smallest absolute Gasteiger partial charge is 0.137 e. The van der Waals surface area contributed by atoms with E-state index in [1.165, 1.54) is 6.07 Å². The number of aliphatic hydroxyl groups excluding tert-OH is 3. The predicted molar refractivity (Wildman–Crippen MR) is 73.4 cm³/mol. The zero-order valence-electron chi connectivity index (χ0n) is 11.3. The second-order valence-corrected chi connectivity index (χ2v) is 5.92. The van der Waals surface area contributed by atoms with Crippen LogP contribution in [0.2, 0.25) is 5.15 Å². The largest absolute Gasteiger partial charge is 0.394 e. The first-order valence-electron chi connectivity index (χ1n) is 5.92. The van der Waals surface area contributed by atoms with Gasteiger partial charge in [0.2, 0.25) is 0 Å². The summed E-state index contributed by atoms with van der Waals surface area (Å²) in [5, 5.41) is 30.9. The van der Waals surface area contributed by atoms with E-state index in [1.54, 1.807) is 0 Å². The molecule has 0 aliphatic carbocycles. The lowest BCUT2D eigenvalue weighted by molar-refractivity contribution is 0.0830. The summed E-state index contributed by atoms with van der Waals surface area (Å²) in [5.74, 6) is 0.882. The van der Waals surface area contributed by atoms with E-state index < -0.39 is 25.4 Å². The van der Waals surface area contributed by atoms with Crippen molar-refractivity contribution in [3.63, 3.8) is 0 Å². The van der Waals surface area contributed by atoms with Crippen LogP contribution in [0, 0.1) is 0 Å². The Balaban J connectivity index is 3.11. The fourth-order valence-corrected chi connectivity index (χ4v) is 1.54. The molecule has 7 heteroatoms. The Bertz CT molecular complexity index is 422. The topological polar surface area (TPSA) is 98.5 Å². The minimum Gasteiger partial charge on any atom is -0.394 e. The lowest BCUT2D eigenvalue weighted by atomic mass is 9.96. The zero-order chi connectivity index (χ0) is 14.7. The molecule has 0 unspecified atom stereocenters. The number of aromatic nitrogens is 2. The minimum atomic E-state index is -1.24. The number of anilines is 1. The number of nitrogens with one attached hydrogen (secondary N) is 1. The van der Waals surface area contributed by atoms with Crippen molar-refractivity contribution < 1.29 is 15.3 Å². The summed E-state index contributed by atoms with van der Waals surface area (Å²) in [7, 11) is 0. The highest BCUT2D eigenvalue weighted by molar-refractivity contribution is 6.29. The lowest BCUT2D eigenvalue weighted by Gasteiger charge is -2.29. The van der Waals surface area contributed by atoms with Crippen LogP contribution in [0.1, 0.15) is 26.6 Å². The molecule has 1 aromatic heterocycles. The van der Waals surface area contributed by atoms with E-state index in [-0.39, 0.29) is 10.6 Å². The molecule has 0 radical (unpaired) electrons. The van der Waals surface area contributed by atoms with Crippen LogP contribution in [-0.2, 0) is 5.41 Å². The van der Waals surface area contributed by atoms with Crippen LogP contribution in [0.3, 0.4) is 0 Å². The van der Waals surface area contributed by atoms with Crippen LogP contribution >= 0.6 is 11.6 Å². The normalized spacial score (nSPS) is 12.6. The fraction of sp³-hybridized carbons (Fsp3) is 0.667. The van der Waals surface area contributed by atoms with Crippen LogP contribution in [0.25, 0.3) is 0 Å². The highest BCUT2D eigenvalue weighted by Crippen LogP contribution is 2.23. The van der Waals surface area contributed by atoms with Crippen LogP contribution in [-0.4, -0.2) is 50.6 Å². The zero-order valence-corrected chi connectivity index (χ0v) is 12.1. The van der Waals surface area contributed by atoms with E-state index in [9.17, 15) is 15.3 Å². The first kappa shape index (κ1) is 16.1. The summed E-state index contributed by atoms with van der Waals surface area (Å²) < 4.78 is 0. The Labute approximate surface area is 117 Å². The molecule has 0 amide bonds. The molecule has 0 bridgehead atoms. The molecule has 108 valence electrons. The van der Waals surface area contributed by atoms with Crippen LogP contribution < -0.4 is 5.32 Å². The minimum absolute atomic E-state index is 0.255. The molecule has 1 rings (SSSR count). The highest BCUT2D eigenvalue weighted by Gasteiger charge is 2.29. The van der Waals surface area contributed by atoms with Gasteiger partial charge in [-0.2, -0.15) is 0 Å². The van der Waals surface area contributed by atoms with Gasteiger partial charge in [0, 0.05) is 11.5 Å². The molecule has 0 atom stereocenters. The average Bonchev–Trinajstić information content (AvgIpc) is 2.34. The van der Waals surface area contributed by atoms with Crippen LogP contribution in [0.15, 0.2) is 6.07 Å². The van der Waals surface area contributed by atoms with Crippen LogP contribution in [0.5, 0.6) is 0 Å². The van der Waals surface area contributed by atoms with Gasteiger partial charge >= 0.3 is 0 Å². The maximum absolute atomic E-state index is 9.28. The van der Waals surface area contributed by atoms with Gasteiger partial charge in [0.05, 0.1) is 19.8 Å². The van der Waals surface area contributed by atoms with Gasteiger partial charge in [-0.05, 0) is 0 Å². The van der Waals surface area contributed by atoms with E-state index in [0.29, 0.717) is 11.6 Å². The molecular weight excluding hydrogens is 270 g/mol. The average molecular weight is 290 g/mol. The Morgan fingerprint density at radius 2 is 1.63 bits per heavy atom. The van der Waals surface area contributed by atoms with E-state index in [0.717, 1.165) is 0 Å². The molecule has 1 aromatic rings. The van der Waals surface area contributed by atoms with Gasteiger partial charge < -0.3 is 20.6 Å². The monoisotopic (exact) mass is 289 g/mol. The first-order valence-corrected chi connectivity index (χ1v) is 6.30. The Morgan fingerprint density at radius 1 is 1.11 bits per heavy atom. The third-order valence-electron chi connectivity index (χ3n) is 2.67. The summed E-state index contributed by atoms with van der Waals surface area (Å²) in [4.78, 5) is 8.43. The van der Waals surface area contributed by atoms with Crippen molar-refractivity contribution >= 4 is 17.4 Å². The molecule has 19 heavy (non-hydrogen) atoms. The maximum Gasteiger partial charge on any atom is 0.137 e. The number of aliphatic hydroxyl groups is 3. The van der Waals surface area contributed by atoms with Crippen molar-refractivity contribution in [2.24, 2.45) is 0 Å². The van der Waals surface area contributed by atoms with Gasteiger partial charge in [0.25, 0.3) is 0 Å². The summed E-state index contributed by atoms with van der Waals surface area (Å²) in [6.07, 6.45) is 0. The molecule has 0 aliphatic rings. The highest BCUT2D eigenvalue weighted by atomic mass is 35.5. The molecule has 1 heterocycles. The summed E-state index contributed by atoms with van der Waals surface area (Å²) in [6.45, 7) is 4.52. The van der Waals surface area contributed by atoms with Crippen molar-refractivity contribution in [1.82, 2.24) is 9.97 Å². The predicted octanol–water partition coefficient (Wildman–Crippen LogP) is 0.555. The van der Waals surface area contributed by atoms with Gasteiger partial charge in [-0.25, -0.2) is 9.97 Å². The van der Waals surface area contributed by atoms with Crippen molar-refractivity contribution in [2.75, 3.05) is 25.1 Å². The van der Waals surface area contributed by atoms with E-state index >= 15 is 0 Å². The third-order valence-corrected chi connectivity index (χ3v) is 2.86. The first-order chi connectivity index (χ1) is 8.76. The number of rotatable bonds is 5. The van der Waals surface area contributed by atoms with E-state index in [1.807, 2.05) is 20.8 Å². The van der Waals surface area contributed by atoms with Crippen LogP contribution in [0.4, 0.5) is 5.82 Å². The molecule has 6 nitrogen and oxygen atoms in total. The molecule has 0 fully saturated rings. The number of nitrogens with zero attached hydrogens (tertiary/aromatic N) is 2. The Hall–Kier alpha value is -0.950. The standard InChI is InChI=1S/C12H20ClN3O3/c1-11(2,3)10-14-8(13)4-9(15-10)16-12(5-17,6-18)7-19/h4,17-19H,5-7H2,1-3H3,(H,14,15,16). The quantitative estimate of drug-likeness (QED) is 0.591. The third kappa shape index (κ3) is 4.01. The summed E-state index contributed by atoms with van der Waals surface area (Å²) >= 11 is 5.94. The fourth-order valence-electron chi connectivity index (χ4n) is 1.36. The number of hydrogen-bond acceptors (Lipinski definition) is 6. The van der Waals surface area contributed by atoms with Gasteiger partial charge in [0.15, 0.2) is 0 Å². The maximum atomic E-state index is 9.28. The summed E-state index contributed by atoms with van der Waals surface area (Å²) in [6, 6.07) is 1.48. The molecule has 0 aliphatic heterocycles. The molecule has 0 saturated heterocycles. The Kier molecular flexibility index (Phi) is 5.09. The number of halogens is 1. The van der Waals surface area contributed by atoms with Crippen molar-refractivity contribution in [2.45, 2.75) is 31.7 Å². The van der Waals surface area contributed by atoms with Gasteiger partial charge in [-0.1, -0.05) is 32.4 Å². The van der Waals surface area contributed by atoms with Crippen molar-refractivity contribution in [3.05, 3.63) is 17.0 Å². The molecule has 0 spiro atoms. The van der Waals surface area contributed by atoms with E-state index in [4.69, 9.17) is 11.6 Å². The SMILES string of the molecule is CC(C)(C)c1nc(Cl)cc(NC(CO)(CO)CO)n1. The van der Waals surface area contributed by atoms with Gasteiger partial charge in [-0.3, -0.25) is 0 Å². The second kappa shape index (κ2) is 6.00. The van der Waals surface area contributed by atoms with Crippen molar-refractivity contribution in [3.8, 4) is 0 Å².